The fourth-order valence-corrected chi connectivity index (χ4v) is 2.89. The van der Waals surface area contributed by atoms with Gasteiger partial charge in [-0.05, 0) is 13.3 Å². The summed E-state index contributed by atoms with van der Waals surface area (Å²) < 4.78 is 4.50. The van der Waals surface area contributed by atoms with Crippen LogP contribution in [0.25, 0.3) is 0 Å². The summed E-state index contributed by atoms with van der Waals surface area (Å²) in [5.74, 6) is -1.38. The Kier molecular flexibility index (Phi) is 21.4. The second-order valence-corrected chi connectivity index (χ2v) is 7.17. The van der Waals surface area contributed by atoms with E-state index >= 15 is 0 Å². The molecule has 0 amide bonds. The molecular formula is C21H42O5. The highest BCUT2D eigenvalue weighted by Gasteiger charge is 2.14. The molecular weight excluding hydrogens is 332 g/mol. The monoisotopic (exact) mass is 374 g/mol. The van der Waals surface area contributed by atoms with Crippen LogP contribution in [0.4, 0.5) is 0 Å². The van der Waals surface area contributed by atoms with Crippen LogP contribution in [-0.4, -0.2) is 28.6 Å². The standard InChI is InChI=1S/C21H40O4.H2O/c1-3-4-5-6-7-8-9-10-11-12-13-14-15-16-17-18-20(23)25-21(24)19(2)22;/h19,22H,3-18H2,1-2H3;1H2. The molecule has 156 valence electrons. The Morgan fingerprint density at radius 1 is 0.731 bits per heavy atom. The third-order valence-corrected chi connectivity index (χ3v) is 4.54. The SMILES string of the molecule is CCCCCCCCCCCCCCCCCC(=O)OC(=O)C(C)O.O. The Morgan fingerprint density at radius 3 is 1.42 bits per heavy atom. The Bertz CT molecular complexity index is 328. The number of hydrogen-bond donors (Lipinski definition) is 1. The van der Waals surface area contributed by atoms with E-state index in [1.54, 1.807) is 0 Å². The number of esters is 2. The molecule has 1 atom stereocenters. The van der Waals surface area contributed by atoms with E-state index < -0.39 is 18.0 Å². The van der Waals surface area contributed by atoms with Gasteiger partial charge in [0.15, 0.2) is 0 Å². The van der Waals surface area contributed by atoms with Gasteiger partial charge in [-0.15, -0.1) is 0 Å². The van der Waals surface area contributed by atoms with Gasteiger partial charge in [-0.3, -0.25) is 4.79 Å². The van der Waals surface area contributed by atoms with Crippen molar-refractivity contribution in [2.24, 2.45) is 0 Å². The van der Waals surface area contributed by atoms with E-state index in [0.717, 1.165) is 19.3 Å². The lowest BCUT2D eigenvalue weighted by Crippen LogP contribution is -2.22. The minimum atomic E-state index is -1.23. The van der Waals surface area contributed by atoms with E-state index in [0.29, 0.717) is 0 Å². The molecule has 0 aliphatic heterocycles. The summed E-state index contributed by atoms with van der Waals surface area (Å²) in [6, 6.07) is 0. The molecule has 0 aromatic carbocycles. The van der Waals surface area contributed by atoms with E-state index in [1.165, 1.54) is 84.0 Å². The quantitative estimate of drug-likeness (QED) is 0.223. The molecule has 0 aliphatic carbocycles. The predicted octanol–water partition coefficient (Wildman–Crippen LogP) is 4.87. The van der Waals surface area contributed by atoms with Crippen LogP contribution in [0.5, 0.6) is 0 Å². The molecule has 3 N–H and O–H groups in total. The van der Waals surface area contributed by atoms with Crippen LogP contribution < -0.4 is 0 Å². The maximum absolute atomic E-state index is 11.3. The van der Waals surface area contributed by atoms with Crippen molar-refractivity contribution in [3.8, 4) is 0 Å². The van der Waals surface area contributed by atoms with E-state index in [4.69, 9.17) is 5.11 Å². The Morgan fingerprint density at radius 2 is 1.08 bits per heavy atom. The topological polar surface area (TPSA) is 95.1 Å². The lowest BCUT2D eigenvalue weighted by atomic mass is 10.0. The van der Waals surface area contributed by atoms with Crippen molar-refractivity contribution in [2.75, 3.05) is 0 Å². The lowest BCUT2D eigenvalue weighted by molar-refractivity contribution is -0.165. The zero-order chi connectivity index (χ0) is 18.8. The second kappa shape index (κ2) is 20.4. The normalized spacial score (nSPS) is 11.7. The number of hydrogen-bond acceptors (Lipinski definition) is 4. The first-order chi connectivity index (χ1) is 12.1. The molecule has 0 radical (unpaired) electrons. The third kappa shape index (κ3) is 19.4. The zero-order valence-electron chi connectivity index (χ0n) is 17.1. The van der Waals surface area contributed by atoms with Crippen LogP contribution in [0.15, 0.2) is 0 Å². The molecule has 0 aromatic rings. The summed E-state index contributed by atoms with van der Waals surface area (Å²) in [6.07, 6.45) is 18.2. The summed E-state index contributed by atoms with van der Waals surface area (Å²) in [4.78, 5) is 22.4. The number of aliphatic hydroxyl groups is 1. The molecule has 0 rings (SSSR count). The van der Waals surface area contributed by atoms with Crippen LogP contribution in [0.3, 0.4) is 0 Å². The Hall–Kier alpha value is -0.940. The summed E-state index contributed by atoms with van der Waals surface area (Å²) in [5.41, 5.74) is 0. The Balaban J connectivity index is 0. The van der Waals surface area contributed by atoms with Crippen LogP contribution in [-0.2, 0) is 14.3 Å². The molecule has 0 aromatic heterocycles. The average Bonchev–Trinajstić information content (AvgIpc) is 2.58. The first-order valence-corrected chi connectivity index (χ1v) is 10.5. The van der Waals surface area contributed by atoms with Gasteiger partial charge in [0.2, 0.25) is 0 Å². The summed E-state index contributed by atoms with van der Waals surface area (Å²) in [6.45, 7) is 3.55. The molecule has 0 heterocycles. The number of unbranched alkanes of at least 4 members (excludes halogenated alkanes) is 14. The fraction of sp³-hybridized carbons (Fsp3) is 0.905. The molecule has 0 saturated heterocycles. The molecule has 5 heteroatoms. The van der Waals surface area contributed by atoms with E-state index in [-0.39, 0.29) is 11.9 Å². The smallest absolute Gasteiger partial charge is 0.342 e. The summed E-state index contributed by atoms with van der Waals surface area (Å²) in [7, 11) is 0. The van der Waals surface area contributed by atoms with Gasteiger partial charge in [-0.2, -0.15) is 0 Å². The number of carbonyl (C=O) groups excluding carboxylic acids is 2. The van der Waals surface area contributed by atoms with Crippen molar-refractivity contribution in [3.63, 3.8) is 0 Å². The number of ether oxygens (including phenoxy) is 1. The number of carbonyl (C=O) groups is 2. The van der Waals surface area contributed by atoms with Crippen LogP contribution in [0.2, 0.25) is 0 Å². The van der Waals surface area contributed by atoms with Gasteiger partial charge >= 0.3 is 11.9 Å². The minimum absolute atomic E-state index is 0. The molecule has 0 saturated carbocycles. The van der Waals surface area contributed by atoms with Crippen LogP contribution >= 0.6 is 0 Å². The van der Waals surface area contributed by atoms with Crippen molar-refractivity contribution in [1.29, 1.82) is 0 Å². The summed E-state index contributed by atoms with van der Waals surface area (Å²) in [5, 5.41) is 8.95. The van der Waals surface area contributed by atoms with Gasteiger partial charge in [0.05, 0.1) is 0 Å². The first kappa shape index (κ1) is 27.3. The van der Waals surface area contributed by atoms with E-state index in [2.05, 4.69) is 11.7 Å². The molecule has 0 fully saturated rings. The van der Waals surface area contributed by atoms with Gasteiger partial charge in [-0.25, -0.2) is 4.79 Å². The van der Waals surface area contributed by atoms with Gasteiger partial charge in [0.25, 0.3) is 0 Å². The lowest BCUT2D eigenvalue weighted by Gasteiger charge is -2.05. The number of aliphatic hydroxyl groups excluding tert-OH is 1. The third-order valence-electron chi connectivity index (χ3n) is 4.54. The second-order valence-electron chi connectivity index (χ2n) is 7.17. The van der Waals surface area contributed by atoms with Gasteiger partial charge in [0.1, 0.15) is 6.10 Å². The first-order valence-electron chi connectivity index (χ1n) is 10.5. The summed E-state index contributed by atoms with van der Waals surface area (Å²) >= 11 is 0. The van der Waals surface area contributed by atoms with Gasteiger partial charge < -0.3 is 15.3 Å². The highest BCUT2D eigenvalue weighted by Crippen LogP contribution is 2.13. The van der Waals surface area contributed by atoms with Crippen molar-refractivity contribution in [3.05, 3.63) is 0 Å². The molecule has 5 nitrogen and oxygen atoms in total. The maximum Gasteiger partial charge on any atom is 0.342 e. The highest BCUT2D eigenvalue weighted by molar-refractivity contribution is 5.87. The average molecular weight is 375 g/mol. The van der Waals surface area contributed by atoms with Crippen LogP contribution in [0.1, 0.15) is 117 Å². The highest BCUT2D eigenvalue weighted by atomic mass is 16.6. The van der Waals surface area contributed by atoms with Gasteiger partial charge in [0, 0.05) is 6.42 Å². The Labute approximate surface area is 160 Å². The maximum atomic E-state index is 11.3. The molecule has 0 spiro atoms. The van der Waals surface area contributed by atoms with Gasteiger partial charge in [-0.1, -0.05) is 96.8 Å². The van der Waals surface area contributed by atoms with Crippen LogP contribution in [0, 0.1) is 0 Å². The molecule has 1 unspecified atom stereocenters. The number of rotatable bonds is 17. The minimum Gasteiger partial charge on any atom is -0.412 e. The van der Waals surface area contributed by atoms with E-state index in [9.17, 15) is 9.59 Å². The fourth-order valence-electron chi connectivity index (χ4n) is 2.89. The zero-order valence-corrected chi connectivity index (χ0v) is 17.1. The van der Waals surface area contributed by atoms with Crippen molar-refractivity contribution in [1.82, 2.24) is 0 Å². The largest absolute Gasteiger partial charge is 0.412 e. The van der Waals surface area contributed by atoms with Crippen molar-refractivity contribution < 1.29 is 24.9 Å². The van der Waals surface area contributed by atoms with Crippen molar-refractivity contribution >= 4 is 11.9 Å². The van der Waals surface area contributed by atoms with E-state index in [1.807, 2.05) is 0 Å². The van der Waals surface area contributed by atoms with Crippen molar-refractivity contribution in [2.45, 2.75) is 123 Å². The molecule has 0 aliphatic rings. The molecule has 0 bridgehead atoms. The predicted molar refractivity (Wildman–Crippen MR) is 106 cm³/mol. The molecule has 26 heavy (non-hydrogen) atoms.